The molecule has 0 fully saturated rings. The van der Waals surface area contributed by atoms with Gasteiger partial charge in [0.25, 0.3) is 0 Å². The summed E-state index contributed by atoms with van der Waals surface area (Å²) in [7, 11) is 0. The Morgan fingerprint density at radius 1 is 1.14 bits per heavy atom. The summed E-state index contributed by atoms with van der Waals surface area (Å²) >= 11 is 0. The molecule has 0 bridgehead atoms. The number of carbonyl (C=O) groups excluding carboxylic acids is 1. The van der Waals surface area contributed by atoms with Gasteiger partial charge < -0.3 is 0 Å². The molecule has 106 valence electrons. The lowest BCUT2D eigenvalue weighted by atomic mass is 10.1. The molecule has 6 heteroatoms. The third kappa shape index (κ3) is 2.65. The van der Waals surface area contributed by atoms with Crippen molar-refractivity contribution in [3.05, 3.63) is 48.3 Å². The van der Waals surface area contributed by atoms with E-state index in [0.29, 0.717) is 16.9 Å². The summed E-state index contributed by atoms with van der Waals surface area (Å²) < 4.78 is 1.76. The third-order valence-electron chi connectivity index (χ3n) is 3.25. The van der Waals surface area contributed by atoms with Crippen LogP contribution >= 0.6 is 0 Å². The molecular weight excluding hydrogens is 266 g/mol. The number of hydrogen-bond donors (Lipinski definition) is 0. The van der Waals surface area contributed by atoms with E-state index in [2.05, 4.69) is 20.1 Å². The third-order valence-corrected chi connectivity index (χ3v) is 3.25. The topological polar surface area (TPSA) is 73.6 Å². The molecule has 0 radical (unpaired) electrons. The minimum absolute atomic E-state index is 0.00236. The molecule has 2 heterocycles. The fourth-order valence-electron chi connectivity index (χ4n) is 2.21. The van der Waals surface area contributed by atoms with E-state index in [1.807, 2.05) is 19.9 Å². The molecule has 21 heavy (non-hydrogen) atoms. The van der Waals surface area contributed by atoms with Crippen molar-refractivity contribution in [3.8, 4) is 0 Å². The van der Waals surface area contributed by atoms with Gasteiger partial charge in [0.2, 0.25) is 0 Å². The quantitative estimate of drug-likeness (QED) is 0.686. The van der Waals surface area contributed by atoms with E-state index in [1.54, 1.807) is 29.2 Å². The minimum atomic E-state index is -0.00236. The molecular formula is C15H15N5O. The number of Topliss-reactive ketones (excluding diaryl/α,β-unsaturated/α-hetero) is 1. The van der Waals surface area contributed by atoms with Gasteiger partial charge in [-0.05, 0) is 32.0 Å². The Morgan fingerprint density at radius 2 is 1.90 bits per heavy atom. The first-order valence-electron chi connectivity index (χ1n) is 6.77. The molecule has 3 rings (SSSR count). The maximum atomic E-state index is 12.4. The van der Waals surface area contributed by atoms with Crippen LogP contribution in [0.25, 0.3) is 11.0 Å². The summed E-state index contributed by atoms with van der Waals surface area (Å²) in [5.74, 6) is 0.673. The highest BCUT2D eigenvalue weighted by molar-refractivity contribution is 5.99. The van der Waals surface area contributed by atoms with Crippen LogP contribution in [0, 0.1) is 0 Å². The van der Waals surface area contributed by atoms with Crippen LogP contribution in [0.5, 0.6) is 0 Å². The molecule has 0 unspecified atom stereocenters. The van der Waals surface area contributed by atoms with Gasteiger partial charge in [0.1, 0.15) is 12.2 Å². The van der Waals surface area contributed by atoms with Crippen LogP contribution in [0.3, 0.4) is 0 Å². The van der Waals surface area contributed by atoms with Crippen LogP contribution in [0.1, 0.15) is 36.1 Å². The smallest absolute Gasteiger partial charge is 0.170 e. The molecule has 6 nitrogen and oxygen atoms in total. The highest BCUT2D eigenvalue weighted by Crippen LogP contribution is 2.14. The standard InChI is InChI=1S/C15H15N5O/c1-10(2)20-15(18-9-19-20)8-14(21)11-3-4-12-13(7-11)17-6-5-16-12/h3-7,9-10H,8H2,1-2H3. The van der Waals surface area contributed by atoms with Crippen LogP contribution in [-0.2, 0) is 6.42 Å². The van der Waals surface area contributed by atoms with Crippen molar-refractivity contribution in [2.75, 3.05) is 0 Å². The molecule has 0 aliphatic rings. The summed E-state index contributed by atoms with van der Waals surface area (Å²) in [5.41, 5.74) is 2.11. The van der Waals surface area contributed by atoms with Crippen molar-refractivity contribution >= 4 is 16.8 Å². The van der Waals surface area contributed by atoms with Crippen molar-refractivity contribution in [1.29, 1.82) is 0 Å². The number of hydrogen-bond acceptors (Lipinski definition) is 5. The molecule has 0 atom stereocenters. The fourth-order valence-corrected chi connectivity index (χ4v) is 2.21. The highest BCUT2D eigenvalue weighted by atomic mass is 16.1. The van der Waals surface area contributed by atoms with Crippen molar-refractivity contribution in [1.82, 2.24) is 24.7 Å². The monoisotopic (exact) mass is 281 g/mol. The summed E-state index contributed by atoms with van der Waals surface area (Å²) in [6, 6.07) is 5.52. The SMILES string of the molecule is CC(C)n1ncnc1CC(=O)c1ccc2nccnc2c1. The van der Waals surface area contributed by atoms with Crippen LogP contribution in [0.4, 0.5) is 0 Å². The number of rotatable bonds is 4. The van der Waals surface area contributed by atoms with Gasteiger partial charge >= 0.3 is 0 Å². The zero-order valence-corrected chi connectivity index (χ0v) is 11.9. The van der Waals surface area contributed by atoms with E-state index >= 15 is 0 Å². The summed E-state index contributed by atoms with van der Waals surface area (Å²) in [4.78, 5) is 25.0. The van der Waals surface area contributed by atoms with Gasteiger partial charge in [-0.2, -0.15) is 5.10 Å². The number of ketones is 1. The Morgan fingerprint density at radius 3 is 2.67 bits per heavy atom. The Balaban J connectivity index is 1.88. The number of fused-ring (bicyclic) bond motifs is 1. The first-order valence-corrected chi connectivity index (χ1v) is 6.77. The predicted molar refractivity (Wildman–Crippen MR) is 78.0 cm³/mol. The lowest BCUT2D eigenvalue weighted by Gasteiger charge is -2.08. The summed E-state index contributed by atoms with van der Waals surface area (Å²) in [5, 5.41) is 4.14. The van der Waals surface area contributed by atoms with E-state index in [1.165, 1.54) is 6.33 Å². The maximum absolute atomic E-state index is 12.4. The summed E-state index contributed by atoms with van der Waals surface area (Å²) in [6.07, 6.45) is 4.96. The Kier molecular flexibility index (Phi) is 3.43. The fraction of sp³-hybridized carbons (Fsp3) is 0.267. The Hall–Kier alpha value is -2.63. The number of benzene rings is 1. The molecule has 0 N–H and O–H groups in total. The number of carbonyl (C=O) groups is 1. The first-order chi connectivity index (χ1) is 10.1. The minimum Gasteiger partial charge on any atom is -0.294 e. The van der Waals surface area contributed by atoms with E-state index in [4.69, 9.17) is 0 Å². The van der Waals surface area contributed by atoms with Crippen LogP contribution in [0.2, 0.25) is 0 Å². The van der Waals surface area contributed by atoms with Gasteiger partial charge in [-0.3, -0.25) is 14.8 Å². The van der Waals surface area contributed by atoms with Crippen molar-refractivity contribution in [3.63, 3.8) is 0 Å². The lowest BCUT2D eigenvalue weighted by Crippen LogP contribution is -2.13. The van der Waals surface area contributed by atoms with Gasteiger partial charge in [-0.25, -0.2) is 9.67 Å². The Labute approximate surface area is 121 Å². The Bertz CT molecular complexity index is 793. The normalized spacial score (nSPS) is 11.2. The second-order valence-corrected chi connectivity index (χ2v) is 5.07. The largest absolute Gasteiger partial charge is 0.294 e. The first kappa shape index (κ1) is 13.4. The van der Waals surface area contributed by atoms with Crippen LogP contribution < -0.4 is 0 Å². The molecule has 0 aliphatic carbocycles. The molecule has 2 aromatic heterocycles. The summed E-state index contributed by atoms with van der Waals surface area (Å²) in [6.45, 7) is 4.02. The molecule has 3 aromatic rings. The average molecular weight is 281 g/mol. The van der Waals surface area contributed by atoms with Gasteiger partial charge in [-0.15, -0.1) is 0 Å². The molecule has 1 aromatic carbocycles. The highest BCUT2D eigenvalue weighted by Gasteiger charge is 2.14. The van der Waals surface area contributed by atoms with Gasteiger partial charge in [0, 0.05) is 24.0 Å². The molecule has 0 aliphatic heterocycles. The zero-order valence-electron chi connectivity index (χ0n) is 11.9. The average Bonchev–Trinajstić information content (AvgIpc) is 2.95. The second-order valence-electron chi connectivity index (χ2n) is 5.07. The molecule has 0 spiro atoms. The molecule has 0 saturated carbocycles. The van der Waals surface area contributed by atoms with Crippen LogP contribution in [-0.4, -0.2) is 30.5 Å². The van der Waals surface area contributed by atoms with Gasteiger partial charge in [-0.1, -0.05) is 0 Å². The van der Waals surface area contributed by atoms with E-state index < -0.39 is 0 Å². The number of aromatic nitrogens is 5. The lowest BCUT2D eigenvalue weighted by molar-refractivity contribution is 0.0989. The van der Waals surface area contributed by atoms with E-state index in [9.17, 15) is 4.79 Å². The van der Waals surface area contributed by atoms with Crippen LogP contribution in [0.15, 0.2) is 36.9 Å². The van der Waals surface area contributed by atoms with Crippen molar-refractivity contribution in [2.24, 2.45) is 0 Å². The zero-order chi connectivity index (χ0) is 14.8. The molecule has 0 amide bonds. The maximum Gasteiger partial charge on any atom is 0.170 e. The predicted octanol–water partition coefficient (Wildman–Crippen LogP) is 2.23. The van der Waals surface area contributed by atoms with Gasteiger partial charge in [0.05, 0.1) is 17.5 Å². The van der Waals surface area contributed by atoms with Crippen molar-refractivity contribution in [2.45, 2.75) is 26.3 Å². The molecule has 0 saturated heterocycles. The van der Waals surface area contributed by atoms with Gasteiger partial charge in [0.15, 0.2) is 5.78 Å². The second kappa shape index (κ2) is 5.40. The number of nitrogens with zero attached hydrogens (tertiary/aromatic N) is 5. The van der Waals surface area contributed by atoms with E-state index in [0.717, 1.165) is 5.52 Å². The van der Waals surface area contributed by atoms with Crippen molar-refractivity contribution < 1.29 is 4.79 Å². The van der Waals surface area contributed by atoms with E-state index in [-0.39, 0.29) is 18.2 Å².